The molecule has 0 aliphatic carbocycles. The number of nitro groups is 1. The van der Waals surface area contributed by atoms with Crippen LogP contribution < -0.4 is 5.32 Å². The highest BCUT2D eigenvalue weighted by Crippen LogP contribution is 2.23. The number of halogens is 1. The second kappa shape index (κ2) is 11.4. The molecule has 0 aliphatic rings. The van der Waals surface area contributed by atoms with Crippen LogP contribution in [0.2, 0.25) is 0 Å². The van der Waals surface area contributed by atoms with E-state index in [1.807, 2.05) is 0 Å². The Bertz CT molecular complexity index is 819. The molecule has 1 atom stereocenters. The Morgan fingerprint density at radius 1 is 1.33 bits per heavy atom. The summed E-state index contributed by atoms with van der Waals surface area (Å²) in [5.74, 6) is -1.50. The normalized spacial score (nSPS) is 11.9. The molecule has 1 aromatic rings. The molecule has 0 heterocycles. The molecule has 1 rings (SSSR count). The summed E-state index contributed by atoms with van der Waals surface area (Å²) in [6.07, 6.45) is 0.613. The highest BCUT2D eigenvalue weighted by molar-refractivity contribution is 9.10. The lowest BCUT2D eigenvalue weighted by atomic mass is 10.1. The minimum atomic E-state index is -1.21. The van der Waals surface area contributed by atoms with Gasteiger partial charge in [0.2, 0.25) is 5.78 Å². The van der Waals surface area contributed by atoms with Crippen LogP contribution in [-0.4, -0.2) is 54.2 Å². The summed E-state index contributed by atoms with van der Waals surface area (Å²) < 4.78 is 15.5. The minimum Gasteiger partial charge on any atom is -0.456 e. The predicted molar refractivity (Wildman–Crippen MR) is 110 cm³/mol. The van der Waals surface area contributed by atoms with E-state index < -0.39 is 41.0 Å². The number of nitro benzene ring substituents is 1. The average Bonchev–Trinajstić information content (AvgIpc) is 2.63. The van der Waals surface area contributed by atoms with Crippen LogP contribution in [0.15, 0.2) is 35.3 Å². The lowest BCUT2D eigenvalue weighted by Gasteiger charge is -2.22. The van der Waals surface area contributed by atoms with E-state index in [9.17, 15) is 24.5 Å². The second-order valence-electron chi connectivity index (χ2n) is 6.98. The molecule has 10 nitrogen and oxygen atoms in total. The predicted octanol–water partition coefficient (Wildman–Crippen LogP) is 3.18. The largest absolute Gasteiger partial charge is 0.456 e. The number of alkyl carbamates (subject to hydrolysis) is 1. The summed E-state index contributed by atoms with van der Waals surface area (Å²) in [5.41, 5.74) is -0.872. The van der Waals surface area contributed by atoms with E-state index in [1.54, 1.807) is 20.8 Å². The molecule has 0 radical (unpaired) electrons. The van der Waals surface area contributed by atoms with Gasteiger partial charge in [-0.3, -0.25) is 14.9 Å². The highest BCUT2D eigenvalue weighted by Gasteiger charge is 2.27. The van der Waals surface area contributed by atoms with Gasteiger partial charge in [-0.25, -0.2) is 9.59 Å². The maximum absolute atomic E-state index is 12.4. The number of carbonyl (C=O) groups excluding carboxylic acids is 3. The lowest BCUT2D eigenvalue weighted by molar-refractivity contribution is -0.384. The summed E-state index contributed by atoms with van der Waals surface area (Å²) in [4.78, 5) is 46.8. The molecule has 30 heavy (non-hydrogen) atoms. The second-order valence-corrected chi connectivity index (χ2v) is 7.83. The highest BCUT2D eigenvalue weighted by atomic mass is 79.9. The number of hydrogen-bond acceptors (Lipinski definition) is 8. The van der Waals surface area contributed by atoms with E-state index in [0.717, 1.165) is 6.07 Å². The number of non-ortho nitro benzene ring substituents is 1. The number of rotatable bonds is 10. The lowest BCUT2D eigenvalue weighted by Crippen LogP contribution is -2.47. The van der Waals surface area contributed by atoms with Crippen molar-refractivity contribution in [1.82, 2.24) is 5.32 Å². The zero-order chi connectivity index (χ0) is 22.9. The van der Waals surface area contributed by atoms with Crippen LogP contribution >= 0.6 is 15.9 Å². The molecule has 0 spiro atoms. The molecule has 0 fully saturated rings. The Balaban J connectivity index is 2.77. The summed E-state index contributed by atoms with van der Waals surface area (Å²) in [6, 6.07) is 2.37. The molecule has 0 aromatic heterocycles. The molecule has 1 N–H and O–H groups in total. The number of benzene rings is 1. The van der Waals surface area contributed by atoms with Gasteiger partial charge in [-0.15, -0.1) is 6.58 Å². The number of Topliss-reactive ketones (excluding diaryl/α,β-unsaturated/α-hetero) is 1. The smallest absolute Gasteiger partial charge is 0.408 e. The summed E-state index contributed by atoms with van der Waals surface area (Å²) in [5, 5.41) is 13.1. The van der Waals surface area contributed by atoms with Crippen LogP contribution in [0.1, 0.15) is 31.1 Å². The van der Waals surface area contributed by atoms with Crippen molar-refractivity contribution in [3.05, 3.63) is 51.0 Å². The van der Waals surface area contributed by atoms with Crippen molar-refractivity contribution in [2.24, 2.45) is 0 Å². The fourth-order valence-corrected chi connectivity index (χ4v) is 2.63. The van der Waals surface area contributed by atoms with Gasteiger partial charge in [0.05, 0.1) is 18.1 Å². The fourth-order valence-electron chi connectivity index (χ4n) is 2.05. The van der Waals surface area contributed by atoms with Crippen molar-refractivity contribution >= 4 is 39.5 Å². The quantitative estimate of drug-likeness (QED) is 0.133. The fraction of sp³-hybridized carbons (Fsp3) is 0.421. The molecule has 0 saturated heterocycles. The third-order valence-corrected chi connectivity index (χ3v) is 3.96. The molecule has 1 amide bonds. The van der Waals surface area contributed by atoms with E-state index in [-0.39, 0.29) is 28.9 Å². The van der Waals surface area contributed by atoms with Gasteiger partial charge in [0.15, 0.2) is 12.6 Å². The molecule has 164 valence electrons. The van der Waals surface area contributed by atoms with Crippen molar-refractivity contribution in [2.45, 2.75) is 32.4 Å². The number of amides is 1. The standard InChI is InChI=1S/C19H23BrN2O8/c1-5-8-28-10-15(21-18(25)30-19(2,3)4)17(24)29-11-16(23)13-7-6-12(22(26)27)9-14(13)20/h5-7,9,15H,1,8,10-11H2,2-4H3,(H,21,25). The monoisotopic (exact) mass is 486 g/mol. The van der Waals surface area contributed by atoms with Gasteiger partial charge in [0, 0.05) is 22.2 Å². The number of esters is 1. The van der Waals surface area contributed by atoms with Gasteiger partial charge in [-0.1, -0.05) is 6.08 Å². The van der Waals surface area contributed by atoms with E-state index >= 15 is 0 Å². The van der Waals surface area contributed by atoms with Crippen LogP contribution in [0.25, 0.3) is 0 Å². The van der Waals surface area contributed by atoms with Crippen LogP contribution in [0.5, 0.6) is 0 Å². The third-order valence-electron chi connectivity index (χ3n) is 3.31. The number of nitrogens with one attached hydrogen (secondary N) is 1. The summed E-state index contributed by atoms with van der Waals surface area (Å²) >= 11 is 3.09. The van der Waals surface area contributed by atoms with Crippen molar-refractivity contribution in [3.63, 3.8) is 0 Å². The minimum absolute atomic E-state index is 0.105. The van der Waals surface area contributed by atoms with E-state index in [4.69, 9.17) is 14.2 Å². The SMILES string of the molecule is C=CCOCC(NC(=O)OC(C)(C)C)C(=O)OCC(=O)c1ccc([N+](=O)[O-])cc1Br. The Morgan fingerprint density at radius 2 is 2.00 bits per heavy atom. The van der Waals surface area contributed by atoms with Crippen LogP contribution in [0.4, 0.5) is 10.5 Å². The molecule has 0 saturated carbocycles. The maximum atomic E-state index is 12.4. The molecule has 0 aliphatic heterocycles. The molecular formula is C19H23BrN2O8. The first kappa shape index (κ1) is 25.2. The van der Waals surface area contributed by atoms with Gasteiger partial charge in [0.1, 0.15) is 5.60 Å². The number of ketones is 1. The first-order chi connectivity index (χ1) is 13.9. The molecule has 1 unspecified atom stereocenters. The molecule has 1 aromatic carbocycles. The van der Waals surface area contributed by atoms with Crippen LogP contribution in [-0.2, 0) is 19.0 Å². The number of carbonyl (C=O) groups is 3. The number of nitrogens with zero attached hydrogens (tertiary/aromatic N) is 1. The maximum Gasteiger partial charge on any atom is 0.408 e. The van der Waals surface area contributed by atoms with Crippen molar-refractivity contribution in [3.8, 4) is 0 Å². The zero-order valence-electron chi connectivity index (χ0n) is 16.8. The third kappa shape index (κ3) is 8.70. The van der Waals surface area contributed by atoms with Gasteiger partial charge >= 0.3 is 12.1 Å². The summed E-state index contributed by atoms with van der Waals surface area (Å²) in [7, 11) is 0. The Hall–Kier alpha value is -2.79. The molecule has 0 bridgehead atoms. The van der Waals surface area contributed by atoms with Crippen LogP contribution in [0.3, 0.4) is 0 Å². The Kier molecular flexibility index (Phi) is 9.60. The molecule has 11 heteroatoms. The number of hydrogen-bond donors (Lipinski definition) is 1. The Labute approximate surface area is 181 Å². The molecular weight excluding hydrogens is 464 g/mol. The van der Waals surface area contributed by atoms with Crippen LogP contribution in [0, 0.1) is 10.1 Å². The first-order valence-electron chi connectivity index (χ1n) is 8.76. The average molecular weight is 487 g/mol. The van der Waals surface area contributed by atoms with E-state index in [1.165, 1.54) is 18.2 Å². The topological polar surface area (TPSA) is 134 Å². The van der Waals surface area contributed by atoms with Gasteiger partial charge in [-0.2, -0.15) is 0 Å². The number of ether oxygens (including phenoxy) is 3. The van der Waals surface area contributed by atoms with E-state index in [2.05, 4.69) is 27.8 Å². The van der Waals surface area contributed by atoms with Gasteiger partial charge < -0.3 is 19.5 Å². The van der Waals surface area contributed by atoms with Crippen molar-refractivity contribution in [1.29, 1.82) is 0 Å². The van der Waals surface area contributed by atoms with Crippen molar-refractivity contribution in [2.75, 3.05) is 19.8 Å². The Morgan fingerprint density at radius 3 is 2.53 bits per heavy atom. The first-order valence-corrected chi connectivity index (χ1v) is 9.56. The summed E-state index contributed by atoms with van der Waals surface area (Å²) in [6.45, 7) is 7.75. The zero-order valence-corrected chi connectivity index (χ0v) is 18.4. The van der Waals surface area contributed by atoms with Gasteiger partial charge in [-0.05, 0) is 42.8 Å². The van der Waals surface area contributed by atoms with Gasteiger partial charge in [0.25, 0.3) is 5.69 Å². The van der Waals surface area contributed by atoms with Crippen molar-refractivity contribution < 1.29 is 33.5 Å². The van der Waals surface area contributed by atoms with E-state index in [0.29, 0.717) is 0 Å².